The maximum atomic E-state index is 5.35. The van der Waals surface area contributed by atoms with Crippen LogP contribution in [0.2, 0.25) is 0 Å². The van der Waals surface area contributed by atoms with E-state index in [1.165, 1.54) is 11.1 Å². The van der Waals surface area contributed by atoms with E-state index in [0.29, 0.717) is 17.6 Å². The van der Waals surface area contributed by atoms with Crippen molar-refractivity contribution in [3.05, 3.63) is 224 Å². The van der Waals surface area contributed by atoms with E-state index in [2.05, 4.69) is 209 Å². The number of fused-ring (bicyclic) bond motifs is 7. The molecule has 290 valence electrons. The molecule has 5 nitrogen and oxygen atoms in total. The molecule has 3 heterocycles. The van der Waals surface area contributed by atoms with Crippen molar-refractivity contribution in [3.8, 4) is 67.8 Å². The third kappa shape index (κ3) is 5.90. The molecule has 9 aromatic carbocycles. The topological polar surface area (TPSA) is 48.5 Å². The van der Waals surface area contributed by atoms with E-state index in [1.807, 2.05) is 24.3 Å². The molecule has 3 aromatic heterocycles. The molecule has 0 unspecified atom stereocenters. The number of para-hydroxylation sites is 3. The Labute approximate surface area is 358 Å². The molecule has 0 aliphatic heterocycles. The van der Waals surface area contributed by atoms with Crippen LogP contribution < -0.4 is 0 Å². The van der Waals surface area contributed by atoms with E-state index in [1.54, 1.807) is 0 Å². The van der Waals surface area contributed by atoms with Crippen molar-refractivity contribution in [2.24, 2.45) is 0 Å². The van der Waals surface area contributed by atoms with Gasteiger partial charge in [-0.1, -0.05) is 194 Å². The van der Waals surface area contributed by atoms with Gasteiger partial charge in [-0.2, -0.15) is 9.97 Å². The predicted molar refractivity (Wildman–Crippen MR) is 256 cm³/mol. The highest BCUT2D eigenvalue weighted by atomic mass is 15.2. The highest BCUT2D eigenvalue weighted by Crippen LogP contribution is 2.43. The van der Waals surface area contributed by atoms with E-state index < -0.39 is 0 Å². The van der Waals surface area contributed by atoms with Crippen LogP contribution in [-0.2, 0) is 0 Å². The van der Waals surface area contributed by atoms with Gasteiger partial charge in [0.15, 0.2) is 11.6 Å². The van der Waals surface area contributed by atoms with Crippen molar-refractivity contribution in [2.75, 3.05) is 0 Å². The number of aromatic nitrogens is 5. The minimum atomic E-state index is 0.564. The first-order valence-electron chi connectivity index (χ1n) is 21.0. The summed E-state index contributed by atoms with van der Waals surface area (Å²) < 4.78 is 4.69. The SMILES string of the molecule is c1ccc(-c2ccc(-c3nc(-c4ccccc4)nc(-n4c5ccccc5c5ccc6c(c7ccccc7n6-c6ccccc6-c6cccc(-c7ccccc7)c6)c54)n3)cc2)cc1. The monoisotopic (exact) mass is 791 g/mol. The van der Waals surface area contributed by atoms with Gasteiger partial charge in [-0.05, 0) is 58.1 Å². The van der Waals surface area contributed by atoms with Crippen molar-refractivity contribution in [2.45, 2.75) is 0 Å². The molecule has 0 saturated carbocycles. The zero-order chi connectivity index (χ0) is 41.0. The number of hydrogen-bond donors (Lipinski definition) is 0. The molecule has 0 saturated heterocycles. The number of hydrogen-bond acceptors (Lipinski definition) is 3. The first kappa shape index (κ1) is 35.5. The smallest absolute Gasteiger partial charge is 0.238 e. The fraction of sp³-hybridized carbons (Fsp3) is 0. The summed E-state index contributed by atoms with van der Waals surface area (Å²) >= 11 is 0. The maximum absolute atomic E-state index is 5.35. The minimum Gasteiger partial charge on any atom is -0.309 e. The molecule has 5 heteroatoms. The van der Waals surface area contributed by atoms with Crippen molar-refractivity contribution in [1.29, 1.82) is 0 Å². The Balaban J connectivity index is 1.12. The lowest BCUT2D eigenvalue weighted by Crippen LogP contribution is -2.06. The predicted octanol–water partition coefficient (Wildman–Crippen LogP) is 14.4. The summed E-state index contributed by atoms with van der Waals surface area (Å²) in [5.74, 6) is 1.79. The van der Waals surface area contributed by atoms with Gasteiger partial charge in [0.25, 0.3) is 0 Å². The van der Waals surface area contributed by atoms with E-state index in [-0.39, 0.29) is 0 Å². The van der Waals surface area contributed by atoms with Crippen LogP contribution in [0.1, 0.15) is 0 Å². The van der Waals surface area contributed by atoms with Gasteiger partial charge in [-0.25, -0.2) is 4.98 Å². The Bertz CT molecular complexity index is 3610. The summed E-state index contributed by atoms with van der Waals surface area (Å²) in [6.45, 7) is 0. The molecule has 0 aliphatic rings. The second-order valence-electron chi connectivity index (χ2n) is 15.6. The Kier molecular flexibility index (Phi) is 8.42. The third-order valence-corrected chi connectivity index (χ3v) is 12.0. The first-order chi connectivity index (χ1) is 30.8. The van der Waals surface area contributed by atoms with Crippen LogP contribution in [0.3, 0.4) is 0 Å². The van der Waals surface area contributed by atoms with Crippen LogP contribution in [0.5, 0.6) is 0 Å². The van der Waals surface area contributed by atoms with Gasteiger partial charge in [-0.15, -0.1) is 0 Å². The average molecular weight is 792 g/mol. The van der Waals surface area contributed by atoms with E-state index >= 15 is 0 Å². The van der Waals surface area contributed by atoms with E-state index in [9.17, 15) is 0 Å². The maximum Gasteiger partial charge on any atom is 0.238 e. The minimum absolute atomic E-state index is 0.564. The Morgan fingerprint density at radius 3 is 1.50 bits per heavy atom. The zero-order valence-electron chi connectivity index (χ0n) is 33.6. The molecule has 0 aliphatic carbocycles. The average Bonchev–Trinajstić information content (AvgIpc) is 3.88. The fourth-order valence-corrected chi connectivity index (χ4v) is 9.14. The van der Waals surface area contributed by atoms with Gasteiger partial charge in [0.1, 0.15) is 0 Å². The van der Waals surface area contributed by atoms with Crippen LogP contribution >= 0.6 is 0 Å². The molecule has 12 rings (SSSR count). The molecule has 0 spiro atoms. The van der Waals surface area contributed by atoms with Crippen molar-refractivity contribution in [1.82, 2.24) is 24.1 Å². The Hall–Kier alpha value is -8.41. The van der Waals surface area contributed by atoms with Gasteiger partial charge in [-0.3, -0.25) is 4.57 Å². The van der Waals surface area contributed by atoms with Crippen LogP contribution in [0.25, 0.3) is 111 Å². The normalized spacial score (nSPS) is 11.5. The Morgan fingerprint density at radius 2 is 0.790 bits per heavy atom. The molecule has 12 aromatic rings. The molecule has 0 fully saturated rings. The quantitative estimate of drug-likeness (QED) is 0.162. The summed E-state index contributed by atoms with van der Waals surface area (Å²) in [7, 11) is 0. The van der Waals surface area contributed by atoms with Gasteiger partial charge in [0.05, 0.1) is 27.8 Å². The number of rotatable bonds is 7. The van der Waals surface area contributed by atoms with Crippen molar-refractivity contribution < 1.29 is 0 Å². The summed E-state index contributed by atoms with van der Waals surface area (Å²) in [5, 5.41) is 4.56. The molecule has 0 amide bonds. The van der Waals surface area contributed by atoms with Gasteiger partial charge in [0.2, 0.25) is 5.95 Å². The lowest BCUT2D eigenvalue weighted by Gasteiger charge is -2.15. The third-order valence-electron chi connectivity index (χ3n) is 12.0. The van der Waals surface area contributed by atoms with Crippen LogP contribution in [0.15, 0.2) is 224 Å². The summed E-state index contributed by atoms with van der Waals surface area (Å²) in [4.78, 5) is 15.8. The molecule has 0 bridgehead atoms. The second kappa shape index (κ2) is 14.7. The standard InChI is InChI=1S/C57H37N5/c1-4-17-38(18-5-1)40-31-33-42(34-32-40)56-58-55(41-21-8-3-9-22-41)59-57(60-56)62-50-29-14-11-26-46(50)47-35-36-52-53(54(47)62)48-27-12-15-30-51(48)61(52)49-28-13-10-25-45(49)44-24-16-23-43(37-44)39-19-6-2-7-20-39/h1-37H. The number of benzene rings is 9. The lowest BCUT2D eigenvalue weighted by atomic mass is 9.98. The molecule has 62 heavy (non-hydrogen) atoms. The van der Waals surface area contributed by atoms with E-state index in [0.717, 1.165) is 82.7 Å². The summed E-state index contributed by atoms with van der Waals surface area (Å²) in [6, 6.07) is 79.3. The molecule has 0 radical (unpaired) electrons. The molecular formula is C57H37N5. The van der Waals surface area contributed by atoms with Gasteiger partial charge >= 0.3 is 0 Å². The molecular weight excluding hydrogens is 755 g/mol. The largest absolute Gasteiger partial charge is 0.309 e. The van der Waals surface area contributed by atoms with Crippen LogP contribution in [0.4, 0.5) is 0 Å². The van der Waals surface area contributed by atoms with Crippen molar-refractivity contribution in [3.63, 3.8) is 0 Å². The lowest BCUT2D eigenvalue weighted by molar-refractivity contribution is 0.955. The fourth-order valence-electron chi connectivity index (χ4n) is 9.14. The van der Waals surface area contributed by atoms with Crippen LogP contribution in [-0.4, -0.2) is 24.1 Å². The zero-order valence-corrected chi connectivity index (χ0v) is 33.6. The summed E-state index contributed by atoms with van der Waals surface area (Å²) in [5.41, 5.74) is 14.3. The first-order valence-corrected chi connectivity index (χ1v) is 21.0. The second-order valence-corrected chi connectivity index (χ2v) is 15.6. The van der Waals surface area contributed by atoms with Crippen LogP contribution in [0, 0.1) is 0 Å². The van der Waals surface area contributed by atoms with E-state index in [4.69, 9.17) is 15.0 Å². The highest BCUT2D eigenvalue weighted by Gasteiger charge is 2.24. The highest BCUT2D eigenvalue weighted by molar-refractivity contribution is 6.26. The molecule has 0 atom stereocenters. The summed E-state index contributed by atoms with van der Waals surface area (Å²) in [6.07, 6.45) is 0. The Morgan fingerprint density at radius 1 is 0.290 bits per heavy atom. The van der Waals surface area contributed by atoms with Crippen molar-refractivity contribution >= 4 is 43.6 Å². The van der Waals surface area contributed by atoms with Gasteiger partial charge < -0.3 is 4.57 Å². The van der Waals surface area contributed by atoms with Gasteiger partial charge in [0, 0.05) is 38.2 Å². The molecule has 0 N–H and O–H groups in total. The number of nitrogens with zero attached hydrogens (tertiary/aromatic N) is 5.